The topological polar surface area (TPSA) is 72.5 Å². The van der Waals surface area contributed by atoms with E-state index in [-0.39, 0.29) is 16.8 Å². The first kappa shape index (κ1) is 12.3. The van der Waals surface area contributed by atoms with Gasteiger partial charge in [0.1, 0.15) is 6.20 Å². The Labute approximate surface area is 124 Å². The maximum absolute atomic E-state index is 11.3. The van der Waals surface area contributed by atoms with Crippen LogP contribution in [0.1, 0.15) is 17.9 Å². The van der Waals surface area contributed by atoms with E-state index < -0.39 is 0 Å². The number of hydrogen-bond donors (Lipinski definition) is 1. The number of nitrogens with one attached hydrogen (secondary N) is 1. The van der Waals surface area contributed by atoms with E-state index in [1.807, 2.05) is 18.2 Å². The molecular weight excluding hydrogens is 288 g/mol. The lowest BCUT2D eigenvalue weighted by molar-refractivity contribution is -0.389. The first-order valence-corrected chi connectivity index (χ1v) is 7.53. The summed E-state index contributed by atoms with van der Waals surface area (Å²) in [5.74, 6) is 0.797. The van der Waals surface area contributed by atoms with E-state index in [4.69, 9.17) is 0 Å². The predicted molar refractivity (Wildman–Crippen MR) is 80.9 cm³/mol. The third-order valence-electron chi connectivity index (χ3n) is 3.75. The standard InChI is InChI=1S/C14H12N4O2S/c19-18(20)13-12(16-14-17(13)6-7-21-14)15-11-8-10(11)9-4-2-1-3-5-9/h1-7,10-11,15H,8H2. The van der Waals surface area contributed by atoms with Gasteiger partial charge >= 0.3 is 5.82 Å². The third kappa shape index (κ3) is 2.06. The minimum Gasteiger partial charge on any atom is -0.360 e. The van der Waals surface area contributed by atoms with E-state index in [0.29, 0.717) is 16.7 Å². The van der Waals surface area contributed by atoms with Crippen molar-refractivity contribution in [1.82, 2.24) is 9.38 Å². The van der Waals surface area contributed by atoms with Gasteiger partial charge in [-0.05, 0) is 16.9 Å². The number of imidazole rings is 1. The number of anilines is 1. The molecule has 0 aliphatic heterocycles. The van der Waals surface area contributed by atoms with Crippen molar-refractivity contribution >= 4 is 27.9 Å². The van der Waals surface area contributed by atoms with Crippen LogP contribution in [0.15, 0.2) is 41.9 Å². The van der Waals surface area contributed by atoms with E-state index in [0.717, 1.165) is 6.42 Å². The van der Waals surface area contributed by atoms with Gasteiger partial charge < -0.3 is 15.4 Å². The Morgan fingerprint density at radius 3 is 2.95 bits per heavy atom. The summed E-state index contributed by atoms with van der Waals surface area (Å²) >= 11 is 1.39. The van der Waals surface area contributed by atoms with E-state index in [1.165, 1.54) is 21.3 Å². The fraction of sp³-hybridized carbons (Fsp3) is 0.214. The zero-order valence-corrected chi connectivity index (χ0v) is 11.8. The van der Waals surface area contributed by atoms with Gasteiger partial charge in [-0.1, -0.05) is 41.7 Å². The van der Waals surface area contributed by atoms with Crippen LogP contribution in [0.5, 0.6) is 0 Å². The van der Waals surface area contributed by atoms with Crippen LogP contribution in [0.2, 0.25) is 0 Å². The monoisotopic (exact) mass is 300 g/mol. The summed E-state index contributed by atoms with van der Waals surface area (Å²) in [6.07, 6.45) is 2.66. The van der Waals surface area contributed by atoms with E-state index in [9.17, 15) is 10.1 Å². The van der Waals surface area contributed by atoms with E-state index in [2.05, 4.69) is 22.4 Å². The molecule has 0 bridgehead atoms. The van der Waals surface area contributed by atoms with Gasteiger partial charge in [0.2, 0.25) is 5.82 Å². The highest BCUT2D eigenvalue weighted by atomic mass is 32.1. The first-order valence-electron chi connectivity index (χ1n) is 6.65. The maximum Gasteiger partial charge on any atom is 0.372 e. The third-order valence-corrected chi connectivity index (χ3v) is 4.51. The maximum atomic E-state index is 11.3. The molecule has 1 aromatic carbocycles. The zero-order chi connectivity index (χ0) is 14.4. The van der Waals surface area contributed by atoms with Gasteiger partial charge in [-0.25, -0.2) is 0 Å². The fourth-order valence-corrected chi connectivity index (χ4v) is 3.35. The highest BCUT2D eigenvalue weighted by molar-refractivity contribution is 7.15. The molecule has 0 saturated heterocycles. The molecule has 1 N–H and O–H groups in total. The van der Waals surface area contributed by atoms with Gasteiger partial charge in [-0.2, -0.15) is 9.38 Å². The lowest BCUT2D eigenvalue weighted by atomic mass is 10.1. The Hall–Kier alpha value is -2.41. The Kier molecular flexibility index (Phi) is 2.68. The zero-order valence-electron chi connectivity index (χ0n) is 11.0. The fourth-order valence-electron chi connectivity index (χ4n) is 2.64. The largest absolute Gasteiger partial charge is 0.372 e. The molecule has 2 heterocycles. The van der Waals surface area contributed by atoms with Crippen molar-refractivity contribution in [2.24, 2.45) is 0 Å². The van der Waals surface area contributed by atoms with Gasteiger partial charge in [0.15, 0.2) is 0 Å². The summed E-state index contributed by atoms with van der Waals surface area (Å²) in [5, 5.41) is 16.3. The highest BCUT2D eigenvalue weighted by Crippen LogP contribution is 2.43. The Morgan fingerprint density at radius 1 is 1.38 bits per heavy atom. The number of nitrogens with zero attached hydrogens (tertiary/aromatic N) is 3. The molecule has 6 nitrogen and oxygen atoms in total. The molecule has 2 atom stereocenters. The van der Waals surface area contributed by atoms with Crippen molar-refractivity contribution in [1.29, 1.82) is 0 Å². The molecule has 0 amide bonds. The average molecular weight is 300 g/mol. The van der Waals surface area contributed by atoms with Gasteiger partial charge in [-0.15, -0.1) is 0 Å². The molecule has 21 heavy (non-hydrogen) atoms. The van der Waals surface area contributed by atoms with E-state index >= 15 is 0 Å². The molecule has 2 aromatic heterocycles. The van der Waals surface area contributed by atoms with Crippen LogP contribution in [-0.4, -0.2) is 20.3 Å². The van der Waals surface area contributed by atoms with Gasteiger partial charge in [-0.3, -0.25) is 0 Å². The van der Waals surface area contributed by atoms with Crippen molar-refractivity contribution in [3.05, 3.63) is 57.6 Å². The predicted octanol–water partition coefficient (Wildman–Crippen LogP) is 3.27. The second kappa shape index (κ2) is 4.56. The number of benzene rings is 1. The van der Waals surface area contributed by atoms with Crippen molar-refractivity contribution in [2.75, 3.05) is 5.32 Å². The summed E-state index contributed by atoms with van der Waals surface area (Å²) < 4.78 is 1.52. The Bertz CT molecular complexity index is 811. The number of aromatic nitrogens is 2. The molecule has 1 fully saturated rings. The number of nitro groups is 1. The summed E-state index contributed by atoms with van der Waals surface area (Å²) in [5.41, 5.74) is 1.26. The average Bonchev–Trinajstić information content (AvgIpc) is 2.93. The van der Waals surface area contributed by atoms with Crippen LogP contribution in [0, 0.1) is 10.1 Å². The number of rotatable bonds is 4. The molecule has 7 heteroatoms. The van der Waals surface area contributed by atoms with Crippen LogP contribution >= 0.6 is 11.3 Å². The minimum atomic E-state index is -0.380. The van der Waals surface area contributed by atoms with E-state index in [1.54, 1.807) is 11.6 Å². The molecule has 0 radical (unpaired) electrons. The van der Waals surface area contributed by atoms with Gasteiger partial charge in [0.05, 0.1) is 0 Å². The summed E-state index contributed by atoms with van der Waals surface area (Å²) in [4.78, 5) is 15.8. The smallest absolute Gasteiger partial charge is 0.360 e. The number of fused-ring (bicyclic) bond motifs is 1. The molecule has 1 aliphatic rings. The quantitative estimate of drug-likeness (QED) is 0.593. The minimum absolute atomic E-state index is 0.0185. The molecule has 1 saturated carbocycles. The summed E-state index contributed by atoms with van der Waals surface area (Å²) in [7, 11) is 0. The Balaban J connectivity index is 1.60. The number of hydrogen-bond acceptors (Lipinski definition) is 5. The van der Waals surface area contributed by atoms with Crippen molar-refractivity contribution in [3.63, 3.8) is 0 Å². The van der Waals surface area contributed by atoms with Crippen molar-refractivity contribution in [3.8, 4) is 0 Å². The molecule has 1 aliphatic carbocycles. The van der Waals surface area contributed by atoms with Crippen LogP contribution in [0.25, 0.3) is 4.96 Å². The molecule has 106 valence electrons. The second-order valence-electron chi connectivity index (χ2n) is 5.10. The SMILES string of the molecule is O=[N+]([O-])c1c(NC2CC2c2ccccc2)nc2sccn12. The van der Waals surface area contributed by atoms with Crippen molar-refractivity contribution in [2.45, 2.75) is 18.4 Å². The van der Waals surface area contributed by atoms with Gasteiger partial charge in [0.25, 0.3) is 4.96 Å². The van der Waals surface area contributed by atoms with Crippen LogP contribution in [-0.2, 0) is 0 Å². The molecule has 0 spiro atoms. The summed E-state index contributed by atoms with van der Waals surface area (Å²) in [6.45, 7) is 0. The normalized spacial score (nSPS) is 20.6. The van der Waals surface area contributed by atoms with Crippen LogP contribution in [0.3, 0.4) is 0 Å². The van der Waals surface area contributed by atoms with Crippen LogP contribution < -0.4 is 5.32 Å². The molecule has 2 unspecified atom stereocenters. The van der Waals surface area contributed by atoms with Crippen molar-refractivity contribution < 1.29 is 4.92 Å². The molecule has 3 aromatic rings. The van der Waals surface area contributed by atoms with Gasteiger partial charge in [0, 0.05) is 17.3 Å². The highest BCUT2D eigenvalue weighted by Gasteiger charge is 2.40. The lowest BCUT2D eigenvalue weighted by Crippen LogP contribution is -2.07. The first-order chi connectivity index (χ1) is 10.2. The number of thiazole rings is 1. The van der Waals surface area contributed by atoms with Crippen LogP contribution in [0.4, 0.5) is 11.6 Å². The molecular formula is C14H12N4O2S. The Morgan fingerprint density at radius 2 is 2.19 bits per heavy atom. The lowest BCUT2D eigenvalue weighted by Gasteiger charge is -2.03. The second-order valence-corrected chi connectivity index (χ2v) is 5.97. The summed E-state index contributed by atoms with van der Waals surface area (Å²) in [6, 6.07) is 10.4. The molecule has 4 rings (SSSR count).